The highest BCUT2D eigenvalue weighted by Gasteiger charge is 2.59. The van der Waals surface area contributed by atoms with Crippen LogP contribution in [-0.4, -0.2) is 392 Å². The van der Waals surface area contributed by atoms with Crippen molar-refractivity contribution in [2.24, 2.45) is 0 Å². The van der Waals surface area contributed by atoms with E-state index in [0.29, 0.717) is 18.5 Å². The number of non-ortho nitro benzene ring substituents is 1. The van der Waals surface area contributed by atoms with Crippen LogP contribution in [0.1, 0.15) is 12.8 Å². The molecule has 21 fully saturated rings. The molecule has 22 N–H and O–H groups in total. The van der Waals surface area contributed by atoms with Gasteiger partial charge in [0.25, 0.3) is 0 Å². The van der Waals surface area contributed by atoms with Crippen molar-refractivity contribution in [1.29, 1.82) is 0 Å². The lowest BCUT2D eigenvalue weighted by molar-refractivity contribution is -0.396. The lowest BCUT2D eigenvalue weighted by Gasteiger charge is -2.50. The van der Waals surface area contributed by atoms with E-state index in [9.17, 15) is 112 Å². The van der Waals surface area contributed by atoms with Crippen LogP contribution >= 0.6 is 0 Å². The topological polar surface area (TPSA) is 640 Å². The minimum absolute atomic E-state index is 0.0813. The zero-order chi connectivity index (χ0) is 67.7. The average molecular weight is 1370 g/mol. The molecule has 0 amide bonds. The summed E-state index contributed by atoms with van der Waals surface area (Å²) in [6.45, 7) is -6.23. The van der Waals surface area contributed by atoms with E-state index >= 15 is 0 Å². The Morgan fingerprint density at radius 1 is 0.351 bits per heavy atom. The molecule has 42 nitrogen and oxygen atoms in total. The summed E-state index contributed by atoms with van der Waals surface area (Å²) in [5.74, 6) is 0. The van der Waals surface area contributed by atoms with Crippen LogP contribution in [0.2, 0.25) is 0 Å². The summed E-state index contributed by atoms with van der Waals surface area (Å²) >= 11 is 0. The van der Waals surface area contributed by atoms with Crippen LogP contribution < -0.4 is 10.6 Å². The molecular formula is C52H81N5O37. The van der Waals surface area contributed by atoms with Crippen molar-refractivity contribution in [3.8, 4) is 0 Å². The number of anilines is 1. The molecule has 35 atom stereocenters. The number of aliphatic hydroxyl groups is 20. The van der Waals surface area contributed by atoms with E-state index in [1.54, 1.807) is 0 Å². The van der Waals surface area contributed by atoms with Gasteiger partial charge < -0.3 is 179 Å². The van der Waals surface area contributed by atoms with Crippen LogP contribution in [-0.2, 0) is 66.3 Å². The van der Waals surface area contributed by atoms with E-state index in [1.807, 2.05) is 0 Å². The molecule has 22 heterocycles. The normalized spacial score (nSPS) is 47.5. The first-order chi connectivity index (χ1) is 45.0. The standard InChI is InChI=1S/C52H81N5O37/c58-8-17-40-27(66)34(73)48(82-17)90-42-19(10-60)84-50(36(75)29(42)68)92-44-21(12-62)86-52(38(77)31(44)70)93-45-22(13-63)85-51(37(76)30(45)69)91-43-20(11-61)83-49(35(74)28(43)67)89-41-18(9-59)81-47(33(72)26(41)65)87-39-16(80-46(88-40)32(71)25(39)64)7-53-5-1-2-6-54-14-3-4-15(57(78)79)24-23(14)55-94-56-24/h3-4,16-22,25-54,58-77H,1-2,5-13H2/t16-,17-,18-,19-,20-,21-,22-,25-,26-,27-,28-,29-,30-,31-,32-,33-,34-,35-,36-,37-,38-,39-,40-,41-,42-,43-,44-,45-,46-,47-,48-,49-,50-,51-,52-/m1/s1. The number of ether oxygens (including phenoxy) is 14. The molecule has 21 aliphatic heterocycles. The van der Waals surface area contributed by atoms with E-state index in [4.69, 9.17) is 70.9 Å². The molecule has 0 spiro atoms. The number of nitro benzene ring substituents is 1. The predicted molar refractivity (Wildman–Crippen MR) is 290 cm³/mol. The highest BCUT2D eigenvalue weighted by atomic mass is 16.8. The minimum atomic E-state index is -2.23. The first-order valence-electron chi connectivity index (χ1n) is 30.2. The molecule has 0 saturated carbocycles. The van der Waals surface area contributed by atoms with Crippen molar-refractivity contribution >= 4 is 22.4 Å². The van der Waals surface area contributed by atoms with Gasteiger partial charge in [-0.15, -0.1) is 0 Å². The third-order valence-corrected chi connectivity index (χ3v) is 17.6. The Bertz CT molecular complexity index is 2700. The van der Waals surface area contributed by atoms with Gasteiger partial charge in [-0.25, -0.2) is 4.63 Å². The monoisotopic (exact) mass is 1370 g/mol. The fourth-order valence-corrected chi connectivity index (χ4v) is 12.4. The summed E-state index contributed by atoms with van der Waals surface area (Å²) in [6.07, 6.45) is -69.7. The minimum Gasteiger partial charge on any atom is -0.394 e. The highest BCUT2D eigenvalue weighted by Crippen LogP contribution is 2.39. The average Bonchev–Trinajstić information content (AvgIpc) is 0.863. The van der Waals surface area contributed by atoms with Crippen LogP contribution in [0.15, 0.2) is 16.8 Å². The zero-order valence-corrected chi connectivity index (χ0v) is 49.4. The summed E-state index contributed by atoms with van der Waals surface area (Å²) in [6, 6.07) is 2.65. The van der Waals surface area contributed by atoms with Crippen molar-refractivity contribution in [2.75, 3.05) is 64.6 Å². The van der Waals surface area contributed by atoms with Crippen molar-refractivity contribution in [3.05, 3.63) is 22.2 Å². The molecule has 21 saturated heterocycles. The molecule has 42 heteroatoms. The van der Waals surface area contributed by atoms with Crippen LogP contribution in [0.5, 0.6) is 0 Å². The predicted octanol–water partition coefficient (Wildman–Crippen LogP) is -13.3. The summed E-state index contributed by atoms with van der Waals surface area (Å²) in [5.41, 5.74) is 0.0818. The number of nitrogens with one attached hydrogen (secondary N) is 2. The second-order valence-electron chi connectivity index (χ2n) is 23.7. The van der Waals surface area contributed by atoms with Gasteiger partial charge in [0.05, 0.1) is 50.3 Å². The molecular weight excluding hydrogens is 1290 g/mol. The van der Waals surface area contributed by atoms with Gasteiger partial charge >= 0.3 is 5.69 Å². The number of hydrogen-bond acceptors (Lipinski definition) is 41. The van der Waals surface area contributed by atoms with E-state index in [0.717, 1.165) is 0 Å². The van der Waals surface area contributed by atoms with E-state index in [-0.39, 0.29) is 36.4 Å². The number of rotatable bonds is 15. The van der Waals surface area contributed by atoms with Crippen LogP contribution in [0.3, 0.4) is 0 Å². The Balaban J connectivity index is 0.904. The number of unbranched alkanes of at least 4 members (excludes halogenated alkanes) is 1. The van der Waals surface area contributed by atoms with Gasteiger partial charge in [-0.05, 0) is 35.8 Å². The number of hydrogen-bond donors (Lipinski definition) is 22. The summed E-state index contributed by atoms with van der Waals surface area (Å²) in [5, 5.41) is 249. The van der Waals surface area contributed by atoms with Crippen molar-refractivity contribution < 1.29 is 178 Å². The number of nitro groups is 1. The molecule has 94 heavy (non-hydrogen) atoms. The van der Waals surface area contributed by atoms with Gasteiger partial charge in [0.1, 0.15) is 171 Å². The fourth-order valence-electron chi connectivity index (χ4n) is 12.4. The molecule has 21 aliphatic rings. The first-order valence-corrected chi connectivity index (χ1v) is 30.2. The van der Waals surface area contributed by atoms with Gasteiger partial charge in [-0.3, -0.25) is 10.1 Å². The van der Waals surface area contributed by atoms with Crippen LogP contribution in [0.4, 0.5) is 11.4 Å². The maximum absolute atomic E-state index is 11.9. The SMILES string of the molecule is O=[N+]([O-])c1ccc(NCCCCNC[C@H]2O[C@@H]3O[C@H]4[C@H](O)[C@@H](O)[C@@H](O[C@H]5[C@H](O)[C@@H](O)[C@@H](O[C@H]6[C@H](O)[C@@H](O)[C@@H](O[C@H]7[C@H](O)[C@@H](O)[C@@H](O[C@H]8[C@H](O)[C@@H](O)[C@@H](O[C@H]9[C@H](O)[C@@H](O)[C@@H](O[C@H]2[C@H](O)[C@H]3O)O[C@@H]9CO)O[C@@H]8CO)O[C@@H]7CO)O[C@@H]6CO)O[C@@H]5CO)O[C@@H]4CO)c2nonc12. The third-order valence-electron chi connectivity index (χ3n) is 17.6. The largest absolute Gasteiger partial charge is 0.394 e. The van der Waals surface area contributed by atoms with Crippen molar-refractivity contribution in [1.82, 2.24) is 15.6 Å². The molecule has 1 aromatic carbocycles. The number of aliphatic hydroxyl groups excluding tert-OH is 20. The lowest BCUT2D eigenvalue weighted by Crippen LogP contribution is -2.68. The summed E-state index contributed by atoms with van der Waals surface area (Å²) < 4.78 is 86.2. The van der Waals surface area contributed by atoms with E-state index < -0.39 is 260 Å². The molecule has 2 aromatic rings. The van der Waals surface area contributed by atoms with Gasteiger partial charge in [0, 0.05) is 19.2 Å². The zero-order valence-electron chi connectivity index (χ0n) is 49.4. The molecule has 536 valence electrons. The van der Waals surface area contributed by atoms with Gasteiger partial charge in [-0.2, -0.15) is 0 Å². The Morgan fingerprint density at radius 3 is 0.883 bits per heavy atom. The van der Waals surface area contributed by atoms with Crippen LogP contribution in [0.25, 0.3) is 11.0 Å². The van der Waals surface area contributed by atoms with Crippen molar-refractivity contribution in [2.45, 2.75) is 228 Å². The quantitative estimate of drug-likeness (QED) is 0.0447. The second kappa shape index (κ2) is 31.7. The molecule has 1 aromatic heterocycles. The molecule has 23 rings (SSSR count). The summed E-state index contributed by atoms with van der Waals surface area (Å²) in [4.78, 5) is 10.8. The van der Waals surface area contributed by atoms with Gasteiger partial charge in [0.2, 0.25) is 5.52 Å². The van der Waals surface area contributed by atoms with E-state index in [2.05, 4.69) is 20.9 Å². The maximum atomic E-state index is 11.9. The highest BCUT2D eigenvalue weighted by molar-refractivity contribution is 5.93. The molecule has 14 bridgehead atoms. The lowest BCUT2D eigenvalue weighted by atomic mass is 9.95. The molecule has 0 aliphatic carbocycles. The Labute approximate surface area is 529 Å². The smallest absolute Gasteiger partial charge is 0.300 e. The third kappa shape index (κ3) is 14.8. The first kappa shape index (κ1) is 73.1. The Kier molecular flexibility index (Phi) is 24.7. The second-order valence-corrected chi connectivity index (χ2v) is 23.7. The number of nitrogens with zero attached hydrogens (tertiary/aromatic N) is 3. The van der Waals surface area contributed by atoms with Gasteiger partial charge in [-0.1, -0.05) is 0 Å². The Morgan fingerprint density at radius 2 is 0.606 bits per heavy atom. The molecule has 0 unspecified atom stereocenters. The van der Waals surface area contributed by atoms with Crippen molar-refractivity contribution in [3.63, 3.8) is 0 Å². The molecule has 0 radical (unpaired) electrons. The Hall–Kier alpha value is -3.58. The van der Waals surface area contributed by atoms with Gasteiger partial charge in [0.15, 0.2) is 49.5 Å². The summed E-state index contributed by atoms with van der Waals surface area (Å²) in [7, 11) is 0. The number of aromatic nitrogens is 2. The van der Waals surface area contributed by atoms with Crippen LogP contribution in [0, 0.1) is 10.1 Å². The number of benzene rings is 1. The maximum Gasteiger partial charge on any atom is 0.300 e. The number of fused-ring (bicyclic) bond motifs is 1. The van der Waals surface area contributed by atoms with E-state index in [1.165, 1.54) is 12.1 Å². The fraction of sp³-hybridized carbons (Fsp3) is 0.885.